The molecule has 0 fully saturated rings. The van der Waals surface area contributed by atoms with Crippen molar-refractivity contribution in [1.29, 1.82) is 0 Å². The Balaban J connectivity index is 1.73. The lowest BCUT2D eigenvalue weighted by atomic mass is 9.92. The van der Waals surface area contributed by atoms with E-state index in [4.69, 9.17) is 0 Å². The molecule has 1 heteroatoms. The highest BCUT2D eigenvalue weighted by molar-refractivity contribution is 5.97. The van der Waals surface area contributed by atoms with Gasteiger partial charge < -0.3 is 0 Å². The molecule has 0 bridgehead atoms. The number of Topliss-reactive ketones (excluding diaryl/α,β-unsaturated/α-hetero) is 1. The molecular weight excluding hydrogens is 244 g/mol. The number of fused-ring (bicyclic) bond motifs is 1. The zero-order valence-electron chi connectivity index (χ0n) is 11.9. The molecule has 1 atom stereocenters. The lowest BCUT2D eigenvalue weighted by molar-refractivity contribution is 0.0929. The van der Waals surface area contributed by atoms with Crippen molar-refractivity contribution >= 4 is 5.78 Å². The number of hydrogen-bond donors (Lipinski definition) is 0. The summed E-state index contributed by atoms with van der Waals surface area (Å²) in [4.78, 5) is 12.4. The van der Waals surface area contributed by atoms with E-state index in [1.165, 1.54) is 36.0 Å². The van der Waals surface area contributed by atoms with Crippen LogP contribution < -0.4 is 0 Å². The molecule has 1 aliphatic carbocycles. The number of ketones is 1. The van der Waals surface area contributed by atoms with Gasteiger partial charge in [-0.1, -0.05) is 55.5 Å². The van der Waals surface area contributed by atoms with Gasteiger partial charge in [-0.25, -0.2) is 0 Å². The number of benzene rings is 2. The average molecular weight is 264 g/mol. The van der Waals surface area contributed by atoms with Gasteiger partial charge in [0.25, 0.3) is 0 Å². The minimum absolute atomic E-state index is 0.0388. The van der Waals surface area contributed by atoms with E-state index in [1.54, 1.807) is 0 Å². The first-order valence-corrected chi connectivity index (χ1v) is 7.44. The van der Waals surface area contributed by atoms with E-state index in [0.717, 1.165) is 12.0 Å². The van der Waals surface area contributed by atoms with Crippen molar-refractivity contribution in [1.82, 2.24) is 0 Å². The molecule has 1 unspecified atom stereocenters. The van der Waals surface area contributed by atoms with Crippen molar-refractivity contribution in [2.45, 2.75) is 32.6 Å². The van der Waals surface area contributed by atoms with Crippen LogP contribution in [-0.2, 0) is 19.3 Å². The minimum atomic E-state index is 0.0388. The van der Waals surface area contributed by atoms with Crippen LogP contribution in [-0.4, -0.2) is 5.78 Å². The normalized spacial score (nSPS) is 14.8. The second-order valence-corrected chi connectivity index (χ2v) is 5.79. The van der Waals surface area contributed by atoms with Gasteiger partial charge in [0.1, 0.15) is 0 Å². The second-order valence-electron chi connectivity index (χ2n) is 5.79. The Kier molecular flexibility index (Phi) is 3.68. The van der Waals surface area contributed by atoms with Gasteiger partial charge in [-0.3, -0.25) is 4.79 Å². The van der Waals surface area contributed by atoms with Crippen LogP contribution in [0.25, 0.3) is 0 Å². The summed E-state index contributed by atoms with van der Waals surface area (Å²) in [7, 11) is 0. The fraction of sp³-hybridized carbons (Fsp3) is 0.316. The zero-order valence-corrected chi connectivity index (χ0v) is 11.9. The average Bonchev–Trinajstić information content (AvgIpc) is 2.95. The van der Waals surface area contributed by atoms with E-state index < -0.39 is 0 Å². The molecule has 0 spiro atoms. The van der Waals surface area contributed by atoms with Crippen molar-refractivity contribution in [3.05, 3.63) is 70.8 Å². The molecule has 0 aliphatic heterocycles. The van der Waals surface area contributed by atoms with Gasteiger partial charge in [0, 0.05) is 11.5 Å². The quantitative estimate of drug-likeness (QED) is 0.755. The summed E-state index contributed by atoms with van der Waals surface area (Å²) in [6.07, 6.45) is 4.52. The first kappa shape index (κ1) is 13.1. The van der Waals surface area contributed by atoms with E-state index in [2.05, 4.69) is 18.2 Å². The molecular formula is C19H20O. The SMILES string of the molecule is CC(Cc1ccc2c(c1)CCC2)C(=O)c1ccccc1. The topological polar surface area (TPSA) is 17.1 Å². The van der Waals surface area contributed by atoms with Crippen LogP contribution in [0.3, 0.4) is 0 Å². The van der Waals surface area contributed by atoms with Crippen LogP contribution in [0.4, 0.5) is 0 Å². The summed E-state index contributed by atoms with van der Waals surface area (Å²) >= 11 is 0. The summed E-state index contributed by atoms with van der Waals surface area (Å²) in [6, 6.07) is 16.4. The van der Waals surface area contributed by atoms with Crippen molar-refractivity contribution in [3.63, 3.8) is 0 Å². The largest absolute Gasteiger partial charge is 0.294 e. The van der Waals surface area contributed by atoms with E-state index in [1.807, 2.05) is 37.3 Å². The molecule has 0 saturated carbocycles. The third-order valence-electron chi connectivity index (χ3n) is 4.21. The predicted octanol–water partition coefficient (Wildman–Crippen LogP) is 4.24. The molecule has 1 nitrogen and oxygen atoms in total. The molecule has 102 valence electrons. The van der Waals surface area contributed by atoms with Crippen LogP contribution >= 0.6 is 0 Å². The van der Waals surface area contributed by atoms with E-state index in [9.17, 15) is 4.79 Å². The fourth-order valence-electron chi connectivity index (χ4n) is 3.09. The molecule has 0 N–H and O–H groups in total. The first-order chi connectivity index (χ1) is 9.74. The monoisotopic (exact) mass is 264 g/mol. The van der Waals surface area contributed by atoms with Gasteiger partial charge in [-0.05, 0) is 42.4 Å². The molecule has 20 heavy (non-hydrogen) atoms. The first-order valence-electron chi connectivity index (χ1n) is 7.44. The van der Waals surface area contributed by atoms with Crippen LogP contribution in [0.5, 0.6) is 0 Å². The predicted molar refractivity (Wildman–Crippen MR) is 82.1 cm³/mol. The molecule has 0 aromatic heterocycles. The van der Waals surface area contributed by atoms with E-state index in [-0.39, 0.29) is 11.7 Å². The number of carbonyl (C=O) groups is 1. The second kappa shape index (κ2) is 5.62. The highest BCUT2D eigenvalue weighted by Gasteiger charge is 2.17. The van der Waals surface area contributed by atoms with Gasteiger partial charge >= 0.3 is 0 Å². The Morgan fingerprint density at radius 3 is 2.60 bits per heavy atom. The van der Waals surface area contributed by atoms with Crippen molar-refractivity contribution in [3.8, 4) is 0 Å². The Hall–Kier alpha value is -1.89. The maximum absolute atomic E-state index is 12.4. The molecule has 0 amide bonds. The Bertz CT molecular complexity index is 613. The van der Waals surface area contributed by atoms with Crippen LogP contribution in [0.1, 0.15) is 40.4 Å². The number of carbonyl (C=O) groups excluding carboxylic acids is 1. The van der Waals surface area contributed by atoms with Gasteiger partial charge in [0.15, 0.2) is 5.78 Å². The molecule has 0 heterocycles. The third-order valence-corrected chi connectivity index (χ3v) is 4.21. The molecule has 2 aromatic rings. The molecule has 0 radical (unpaired) electrons. The van der Waals surface area contributed by atoms with Gasteiger partial charge in [-0.15, -0.1) is 0 Å². The van der Waals surface area contributed by atoms with Gasteiger partial charge in [-0.2, -0.15) is 0 Å². The Labute approximate surface area is 120 Å². The van der Waals surface area contributed by atoms with E-state index >= 15 is 0 Å². The smallest absolute Gasteiger partial charge is 0.165 e. The van der Waals surface area contributed by atoms with Gasteiger partial charge in [0.05, 0.1) is 0 Å². The fourth-order valence-corrected chi connectivity index (χ4v) is 3.09. The minimum Gasteiger partial charge on any atom is -0.294 e. The Morgan fingerprint density at radius 1 is 1.05 bits per heavy atom. The number of rotatable bonds is 4. The highest BCUT2D eigenvalue weighted by atomic mass is 16.1. The van der Waals surface area contributed by atoms with Crippen molar-refractivity contribution in [2.75, 3.05) is 0 Å². The molecule has 1 aliphatic rings. The summed E-state index contributed by atoms with van der Waals surface area (Å²) in [5, 5.41) is 0. The summed E-state index contributed by atoms with van der Waals surface area (Å²) in [5.74, 6) is 0.281. The van der Waals surface area contributed by atoms with Crippen molar-refractivity contribution in [2.24, 2.45) is 5.92 Å². The zero-order chi connectivity index (χ0) is 13.9. The van der Waals surface area contributed by atoms with Crippen molar-refractivity contribution < 1.29 is 4.79 Å². The maximum Gasteiger partial charge on any atom is 0.165 e. The molecule has 2 aromatic carbocycles. The molecule has 3 rings (SSSR count). The van der Waals surface area contributed by atoms with E-state index in [0.29, 0.717) is 0 Å². The highest BCUT2D eigenvalue weighted by Crippen LogP contribution is 2.24. The Morgan fingerprint density at radius 2 is 1.80 bits per heavy atom. The molecule has 0 saturated heterocycles. The summed E-state index contributed by atoms with van der Waals surface area (Å²) in [6.45, 7) is 2.03. The summed E-state index contributed by atoms with van der Waals surface area (Å²) in [5.41, 5.74) is 5.10. The standard InChI is InChI=1S/C19H20O/c1-14(19(20)17-6-3-2-4-7-17)12-15-10-11-16-8-5-9-18(16)13-15/h2-4,6-7,10-11,13-14H,5,8-9,12H2,1H3. The van der Waals surface area contributed by atoms with Gasteiger partial charge in [0.2, 0.25) is 0 Å². The lowest BCUT2D eigenvalue weighted by Crippen LogP contribution is -2.14. The van der Waals surface area contributed by atoms with Crippen LogP contribution in [0.15, 0.2) is 48.5 Å². The number of hydrogen-bond acceptors (Lipinski definition) is 1. The summed E-state index contributed by atoms with van der Waals surface area (Å²) < 4.78 is 0. The lowest BCUT2D eigenvalue weighted by Gasteiger charge is -2.12. The maximum atomic E-state index is 12.4. The third kappa shape index (κ3) is 2.67. The number of aryl methyl sites for hydroxylation is 2. The van der Waals surface area contributed by atoms with Crippen LogP contribution in [0, 0.1) is 5.92 Å². The van der Waals surface area contributed by atoms with Crippen LogP contribution in [0.2, 0.25) is 0 Å².